The van der Waals surface area contributed by atoms with Crippen LogP contribution in [0.4, 0.5) is 5.13 Å². The zero-order valence-corrected chi connectivity index (χ0v) is 22.0. The van der Waals surface area contributed by atoms with Crippen LogP contribution in [-0.2, 0) is 38.5 Å². The lowest BCUT2D eigenvalue weighted by atomic mass is 9.94. The largest absolute Gasteiger partial charge is 0.444 e. The quantitative estimate of drug-likeness (QED) is 0.388. The number of hydrogen-bond donors (Lipinski definition) is 1. The summed E-state index contributed by atoms with van der Waals surface area (Å²) in [6.07, 6.45) is 3.84. The fourth-order valence-electron chi connectivity index (χ4n) is 3.44. The molecule has 3 aromatic rings. The van der Waals surface area contributed by atoms with Crippen LogP contribution in [-0.4, -0.2) is 53.8 Å². The minimum atomic E-state index is -0.0928. The molecular weight excluding hydrogens is 484 g/mol. The first-order valence-corrected chi connectivity index (χ1v) is 13.4. The summed E-state index contributed by atoms with van der Waals surface area (Å²) >= 11 is 3.04. The molecule has 35 heavy (non-hydrogen) atoms. The van der Waals surface area contributed by atoms with Gasteiger partial charge in [0, 0.05) is 18.5 Å². The Balaban J connectivity index is 1.21. The van der Waals surface area contributed by atoms with E-state index in [9.17, 15) is 4.79 Å². The molecule has 0 unspecified atom stereocenters. The lowest BCUT2D eigenvalue weighted by Crippen LogP contribution is -2.37. The molecule has 1 N–H and O–H groups in total. The zero-order valence-electron chi connectivity index (χ0n) is 20.4. The van der Waals surface area contributed by atoms with Crippen LogP contribution in [0.1, 0.15) is 43.5 Å². The van der Waals surface area contributed by atoms with Crippen molar-refractivity contribution in [3.63, 3.8) is 0 Å². The van der Waals surface area contributed by atoms with E-state index in [4.69, 9.17) is 13.9 Å². The van der Waals surface area contributed by atoms with Crippen molar-refractivity contribution in [2.24, 2.45) is 0 Å². The highest BCUT2D eigenvalue weighted by molar-refractivity contribution is 8.00. The number of carbonyl (C=O) groups is 1. The average molecular weight is 517 g/mol. The van der Waals surface area contributed by atoms with Crippen molar-refractivity contribution in [1.29, 1.82) is 0 Å². The van der Waals surface area contributed by atoms with Gasteiger partial charge in [-0.15, -0.1) is 11.8 Å². The first kappa shape index (κ1) is 25.8. The van der Waals surface area contributed by atoms with E-state index < -0.39 is 0 Å². The molecule has 0 aliphatic carbocycles. The monoisotopic (exact) mass is 516 g/mol. The van der Waals surface area contributed by atoms with Crippen molar-refractivity contribution in [3.8, 4) is 0 Å². The number of anilines is 1. The van der Waals surface area contributed by atoms with E-state index in [1.807, 2.05) is 24.3 Å². The normalized spacial score (nSPS) is 14.8. The molecule has 10 heteroatoms. The molecule has 188 valence electrons. The van der Waals surface area contributed by atoms with Gasteiger partial charge in [0.15, 0.2) is 5.13 Å². The Hall–Kier alpha value is -2.24. The Morgan fingerprint density at radius 2 is 2.00 bits per heavy atom. The third kappa shape index (κ3) is 8.15. The van der Waals surface area contributed by atoms with Crippen molar-refractivity contribution >= 4 is 34.1 Å². The van der Waals surface area contributed by atoms with Crippen LogP contribution in [0.5, 0.6) is 0 Å². The molecule has 8 nitrogen and oxygen atoms in total. The predicted molar refractivity (Wildman–Crippen MR) is 138 cm³/mol. The van der Waals surface area contributed by atoms with Gasteiger partial charge >= 0.3 is 0 Å². The van der Waals surface area contributed by atoms with Crippen LogP contribution in [0, 0.1) is 0 Å². The van der Waals surface area contributed by atoms with Crippen molar-refractivity contribution in [2.45, 2.75) is 49.2 Å². The third-order valence-electron chi connectivity index (χ3n) is 5.36. The Labute approximate surface area is 214 Å². The van der Waals surface area contributed by atoms with Crippen LogP contribution in [0.25, 0.3) is 0 Å². The van der Waals surface area contributed by atoms with Gasteiger partial charge in [0.05, 0.1) is 55.3 Å². The standard InChI is InChI=1S/C25H32N4O4S2/c1-25(2,3)20-13-26-22(33-20)16-34-23-14-27-24(35-23)28-21(30)12-18-5-4-6-19(11-18)15-32-17-29-7-9-31-10-8-29/h4-6,11,13-14H,7-10,12,15-17H2,1-3H3,(H,27,28,30). The van der Waals surface area contributed by atoms with Gasteiger partial charge in [0.2, 0.25) is 11.8 Å². The minimum absolute atomic E-state index is 0.0622. The van der Waals surface area contributed by atoms with E-state index in [1.54, 1.807) is 24.2 Å². The number of hydrogen-bond acceptors (Lipinski definition) is 9. The van der Waals surface area contributed by atoms with Gasteiger partial charge in [-0.1, -0.05) is 56.4 Å². The number of thioether (sulfide) groups is 1. The van der Waals surface area contributed by atoms with E-state index in [2.05, 4.69) is 41.0 Å². The van der Waals surface area contributed by atoms with E-state index in [-0.39, 0.29) is 17.7 Å². The van der Waals surface area contributed by atoms with Crippen molar-refractivity contribution in [3.05, 3.63) is 59.4 Å². The zero-order chi connectivity index (χ0) is 24.7. The topological polar surface area (TPSA) is 89.7 Å². The highest BCUT2D eigenvalue weighted by Crippen LogP contribution is 2.31. The van der Waals surface area contributed by atoms with Gasteiger partial charge < -0.3 is 19.2 Å². The van der Waals surface area contributed by atoms with Crippen LogP contribution in [0.3, 0.4) is 0 Å². The molecule has 3 heterocycles. The number of oxazole rings is 1. The van der Waals surface area contributed by atoms with Gasteiger partial charge in [-0.25, -0.2) is 9.97 Å². The summed E-state index contributed by atoms with van der Waals surface area (Å²) in [6, 6.07) is 7.95. The fraction of sp³-hybridized carbons (Fsp3) is 0.480. The fourth-order valence-corrected chi connectivity index (χ4v) is 5.18. The Morgan fingerprint density at radius 3 is 2.77 bits per heavy atom. The molecular formula is C25H32N4O4S2. The second-order valence-electron chi connectivity index (χ2n) is 9.39. The Morgan fingerprint density at radius 1 is 1.20 bits per heavy atom. The number of morpholine rings is 1. The van der Waals surface area contributed by atoms with Crippen molar-refractivity contribution < 1.29 is 18.7 Å². The molecule has 1 fully saturated rings. The second kappa shape index (κ2) is 12.1. The third-order valence-corrected chi connectivity index (χ3v) is 7.46. The highest BCUT2D eigenvalue weighted by atomic mass is 32.2. The van der Waals surface area contributed by atoms with Crippen LogP contribution in [0.15, 0.2) is 45.3 Å². The first-order chi connectivity index (χ1) is 16.8. The van der Waals surface area contributed by atoms with Gasteiger partial charge in [-0.3, -0.25) is 9.69 Å². The lowest BCUT2D eigenvalue weighted by molar-refractivity contribution is -0.115. The number of benzene rings is 1. The smallest absolute Gasteiger partial charge is 0.230 e. The van der Waals surface area contributed by atoms with Gasteiger partial charge in [-0.05, 0) is 11.1 Å². The van der Waals surface area contributed by atoms with Crippen LogP contribution >= 0.6 is 23.1 Å². The Bertz CT molecular complexity index is 1100. The number of aromatic nitrogens is 2. The summed E-state index contributed by atoms with van der Waals surface area (Å²) < 4.78 is 18.0. The number of nitrogens with one attached hydrogen (secondary N) is 1. The summed E-state index contributed by atoms with van der Waals surface area (Å²) in [5.74, 6) is 2.09. The van der Waals surface area contributed by atoms with Crippen molar-refractivity contribution in [2.75, 3.05) is 38.4 Å². The summed E-state index contributed by atoms with van der Waals surface area (Å²) in [5, 5.41) is 3.49. The maximum absolute atomic E-state index is 12.6. The molecule has 0 radical (unpaired) electrons. The molecule has 0 spiro atoms. The second-order valence-corrected chi connectivity index (χ2v) is 11.7. The number of rotatable bonds is 10. The molecule has 1 aliphatic rings. The van der Waals surface area contributed by atoms with Gasteiger partial charge in [-0.2, -0.15) is 0 Å². The number of ether oxygens (including phenoxy) is 2. The SMILES string of the molecule is CC(C)(C)c1cnc(CSc2cnc(NC(=O)Cc3cccc(COCN4CCOCC4)c3)s2)o1. The summed E-state index contributed by atoms with van der Waals surface area (Å²) in [7, 11) is 0. The van der Waals surface area contributed by atoms with E-state index in [0.29, 0.717) is 30.1 Å². The molecule has 1 saturated heterocycles. The predicted octanol–water partition coefficient (Wildman–Crippen LogP) is 4.71. The molecule has 1 amide bonds. The molecule has 2 aromatic heterocycles. The van der Waals surface area contributed by atoms with Gasteiger partial charge in [0.25, 0.3) is 0 Å². The number of thiazole rings is 1. The maximum atomic E-state index is 12.6. The average Bonchev–Trinajstić information content (AvgIpc) is 3.48. The summed E-state index contributed by atoms with van der Waals surface area (Å²) in [4.78, 5) is 23.5. The number of amides is 1. The highest BCUT2D eigenvalue weighted by Gasteiger charge is 2.19. The first-order valence-electron chi connectivity index (χ1n) is 11.6. The summed E-state index contributed by atoms with van der Waals surface area (Å²) in [6.45, 7) is 10.7. The lowest BCUT2D eigenvalue weighted by Gasteiger charge is -2.26. The van der Waals surface area contributed by atoms with Gasteiger partial charge in [0.1, 0.15) is 5.76 Å². The molecule has 1 aromatic carbocycles. The molecule has 0 saturated carbocycles. The summed E-state index contributed by atoms with van der Waals surface area (Å²) in [5.41, 5.74) is 1.94. The molecule has 0 atom stereocenters. The molecule has 0 bridgehead atoms. The van der Waals surface area contributed by atoms with E-state index >= 15 is 0 Å². The Kier molecular flexibility index (Phi) is 8.96. The molecule has 1 aliphatic heterocycles. The number of carbonyl (C=O) groups excluding carboxylic acids is 1. The number of nitrogens with zero attached hydrogens (tertiary/aromatic N) is 3. The molecule has 4 rings (SSSR count). The maximum Gasteiger partial charge on any atom is 0.230 e. The van der Waals surface area contributed by atoms with Crippen LogP contribution in [0.2, 0.25) is 0 Å². The van der Waals surface area contributed by atoms with E-state index in [0.717, 1.165) is 47.4 Å². The minimum Gasteiger partial charge on any atom is -0.444 e. The van der Waals surface area contributed by atoms with Crippen molar-refractivity contribution in [1.82, 2.24) is 14.9 Å². The van der Waals surface area contributed by atoms with E-state index in [1.165, 1.54) is 11.3 Å². The van der Waals surface area contributed by atoms with Crippen LogP contribution < -0.4 is 5.32 Å².